The molecule has 456 valence electrons. The van der Waals surface area contributed by atoms with Crippen molar-refractivity contribution in [2.24, 2.45) is 0 Å². The zero-order chi connectivity index (χ0) is 61.5. The average Bonchev–Trinajstić information content (AvgIpc) is 1.83. The minimum absolute atomic E-state index is 0.125. The molecule has 2 aliphatic heterocycles. The lowest BCUT2D eigenvalue weighted by molar-refractivity contribution is -0.700. The highest BCUT2D eigenvalue weighted by molar-refractivity contribution is 8.03. The summed E-state index contributed by atoms with van der Waals surface area (Å²) in [5, 5.41) is 8.00. The minimum atomic E-state index is -4.22. The van der Waals surface area contributed by atoms with E-state index in [0.717, 1.165) is 77.4 Å². The van der Waals surface area contributed by atoms with Gasteiger partial charge < -0.3 is 19.0 Å². The fourth-order valence-corrected chi connectivity index (χ4v) is 14.6. The molecular formula is C61H68Cl2N6O12S5+2. The Morgan fingerprint density at radius 2 is 1.48 bits per heavy atom. The fraction of sp³-hybridized carbons (Fsp3) is 0.344. The van der Waals surface area contributed by atoms with Crippen LogP contribution in [0.1, 0.15) is 119 Å². The summed E-state index contributed by atoms with van der Waals surface area (Å²) in [4.78, 5) is 32.2. The van der Waals surface area contributed by atoms with Crippen LogP contribution in [0.15, 0.2) is 135 Å². The normalized spacial score (nSPS) is 15.3. The maximum absolute atomic E-state index is 14.2. The van der Waals surface area contributed by atoms with Crippen molar-refractivity contribution in [2.75, 3.05) is 40.7 Å². The molecule has 4 N–H and O–H groups in total. The van der Waals surface area contributed by atoms with Gasteiger partial charge in [0.1, 0.15) is 4.70 Å². The van der Waals surface area contributed by atoms with Crippen LogP contribution in [0.4, 0.5) is 11.4 Å². The number of carbonyl (C=O) groups excluding carboxylic acids is 2. The molecule has 25 heteroatoms. The van der Waals surface area contributed by atoms with E-state index in [1.807, 2.05) is 96.1 Å². The Hall–Kier alpha value is -6.28. The van der Waals surface area contributed by atoms with Crippen LogP contribution in [0.2, 0.25) is 10.0 Å². The number of anilines is 2. The first kappa shape index (κ1) is 64.2. The number of aryl methyl sites for hydroxylation is 1. The number of unbranched alkanes of at least 4 members (excludes halogenated alkanes) is 3. The third kappa shape index (κ3) is 16.3. The van der Waals surface area contributed by atoms with Crippen LogP contribution in [0, 0.1) is 0 Å². The molecule has 9 rings (SSSR count). The second-order valence-corrected chi connectivity index (χ2v) is 29.0. The predicted molar refractivity (Wildman–Crippen MR) is 342 cm³/mol. The molecule has 1 atom stereocenters. The smallest absolute Gasteiger partial charge is 0.374 e. The fourth-order valence-electron chi connectivity index (χ4n) is 10.5. The van der Waals surface area contributed by atoms with Crippen LogP contribution in [0.3, 0.4) is 0 Å². The zero-order valence-corrected chi connectivity index (χ0v) is 53.5. The maximum atomic E-state index is 14.2. The van der Waals surface area contributed by atoms with E-state index in [9.17, 15) is 43.9 Å². The molecule has 1 unspecified atom stereocenters. The summed E-state index contributed by atoms with van der Waals surface area (Å²) in [5.74, 6) is -0.222. The topological polar surface area (TPSA) is 238 Å². The van der Waals surface area contributed by atoms with Gasteiger partial charge in [0.2, 0.25) is 39.1 Å². The van der Waals surface area contributed by atoms with Gasteiger partial charge in [-0.1, -0.05) is 104 Å². The Morgan fingerprint density at radius 1 is 0.756 bits per heavy atom. The first-order valence-corrected chi connectivity index (χ1v) is 35.9. The lowest BCUT2D eigenvalue weighted by Gasteiger charge is -2.21. The van der Waals surface area contributed by atoms with E-state index < -0.39 is 53.8 Å². The second kappa shape index (κ2) is 27.8. The van der Waals surface area contributed by atoms with Gasteiger partial charge in [0.25, 0.3) is 36.7 Å². The maximum Gasteiger partial charge on any atom is 0.374 e. The van der Waals surface area contributed by atoms with Gasteiger partial charge in [-0.05, 0) is 122 Å². The number of nitrogens with zero attached hydrogens (tertiary/aromatic N) is 4. The van der Waals surface area contributed by atoms with Crippen molar-refractivity contribution in [3.8, 4) is 5.75 Å². The number of benzene rings is 5. The highest BCUT2D eigenvalue weighted by atomic mass is 35.5. The zero-order valence-electron chi connectivity index (χ0n) is 47.9. The van der Waals surface area contributed by atoms with Crippen LogP contribution < -0.4 is 33.7 Å². The van der Waals surface area contributed by atoms with Gasteiger partial charge in [-0.2, -0.15) is 26.0 Å². The first-order chi connectivity index (χ1) is 41.0. The van der Waals surface area contributed by atoms with Crippen molar-refractivity contribution in [3.05, 3.63) is 152 Å². The number of oxazole rings is 1. The Bertz CT molecular complexity index is 4220. The lowest BCUT2D eigenvalue weighted by atomic mass is 10.1. The third-order valence-electron chi connectivity index (χ3n) is 14.6. The molecule has 18 nitrogen and oxygen atoms in total. The second-order valence-electron chi connectivity index (χ2n) is 21.1. The van der Waals surface area contributed by atoms with E-state index in [2.05, 4.69) is 32.5 Å². The molecule has 4 heterocycles. The summed E-state index contributed by atoms with van der Waals surface area (Å²) in [6.45, 7) is 7.10. The molecule has 0 bridgehead atoms. The highest BCUT2D eigenvalue weighted by Crippen LogP contribution is 2.47. The number of thiazole rings is 1. The van der Waals surface area contributed by atoms with Crippen LogP contribution in [-0.4, -0.2) is 77.0 Å². The minimum Gasteiger partial charge on any atom is -0.439 e. The molecule has 2 aromatic heterocycles. The summed E-state index contributed by atoms with van der Waals surface area (Å²) in [5.41, 5.74) is 5.58. The van der Waals surface area contributed by atoms with E-state index in [0.29, 0.717) is 83.9 Å². The van der Waals surface area contributed by atoms with E-state index >= 15 is 0 Å². The molecule has 2 amide bonds. The van der Waals surface area contributed by atoms with E-state index in [1.54, 1.807) is 47.7 Å². The van der Waals surface area contributed by atoms with Crippen LogP contribution >= 0.6 is 46.3 Å². The highest BCUT2D eigenvalue weighted by Gasteiger charge is 2.33. The lowest BCUT2D eigenvalue weighted by Crippen LogP contribution is -2.50. The van der Waals surface area contributed by atoms with E-state index in [4.69, 9.17) is 32.4 Å². The van der Waals surface area contributed by atoms with Crippen molar-refractivity contribution in [2.45, 2.75) is 109 Å². The molecule has 7 aromatic rings. The Balaban J connectivity index is 0.955. The summed E-state index contributed by atoms with van der Waals surface area (Å²) in [6, 6.07) is 27.7. The Morgan fingerprint density at radius 3 is 2.22 bits per heavy atom. The summed E-state index contributed by atoms with van der Waals surface area (Å²) in [7, 11) is -12.3. The van der Waals surface area contributed by atoms with Crippen molar-refractivity contribution in [1.82, 2.24) is 10.0 Å². The van der Waals surface area contributed by atoms with Crippen LogP contribution in [-0.2, 0) is 41.6 Å². The number of thioether (sulfide) groups is 1. The van der Waals surface area contributed by atoms with Gasteiger partial charge >= 0.3 is 5.89 Å². The monoisotopic (exact) mass is 1310 g/mol. The number of ether oxygens (including phenoxy) is 1. The van der Waals surface area contributed by atoms with Crippen molar-refractivity contribution in [3.63, 3.8) is 0 Å². The molecule has 0 saturated carbocycles. The summed E-state index contributed by atoms with van der Waals surface area (Å²) in [6.07, 6.45) is 14.3. The van der Waals surface area contributed by atoms with Gasteiger partial charge in [-0.25, -0.2) is 13.1 Å². The summed E-state index contributed by atoms with van der Waals surface area (Å²) < 4.78 is 110. The van der Waals surface area contributed by atoms with Crippen LogP contribution in [0.25, 0.3) is 44.2 Å². The largest absolute Gasteiger partial charge is 0.439 e. The third-order valence-corrected chi connectivity index (χ3v) is 19.4. The van der Waals surface area contributed by atoms with Crippen molar-refractivity contribution in [1.29, 1.82) is 0 Å². The van der Waals surface area contributed by atoms with E-state index in [-0.39, 0.29) is 43.8 Å². The quantitative estimate of drug-likeness (QED) is 0.0213. The van der Waals surface area contributed by atoms with Gasteiger partial charge in [-0.15, -0.1) is 0 Å². The molecule has 0 aliphatic carbocycles. The average molecular weight is 1310 g/mol. The predicted octanol–water partition coefficient (Wildman–Crippen LogP) is 12.8. The number of rotatable bonds is 27. The molecular weight excluding hydrogens is 1240 g/mol. The number of allylic oxidation sites excluding steroid dienone is 4. The van der Waals surface area contributed by atoms with Crippen LogP contribution in [0.5, 0.6) is 5.75 Å². The first-order valence-electron chi connectivity index (χ1n) is 28.4. The molecule has 86 heavy (non-hydrogen) atoms. The van der Waals surface area contributed by atoms with Gasteiger partial charge in [-0.3, -0.25) is 24.0 Å². The number of hydrogen-bond acceptors (Lipinski definition) is 14. The molecule has 0 spiro atoms. The standard InChI is InChI=1S/C61H66Cl2N6O12S5/c1-5-8-18-54(69-49-39-45(63)23-27-53(49)83-59(69)36-41(7-3)33-56-66(29-14-31-85(74,75)76)47-38-44(62)22-25-50(47)80-56)64-55(70)19-10-9-13-28-67-48-37-43(61(71)65-84(4,72)73)21-26-52(48)82-58(67)35-40(6-2)34-57-68(30-15-32-86(77,78)79)60-46-17-12-11-16-42(46)20-24-51(60)81-57/h11-12,16-17,20-27,33-39,54H,5-10,13-15,18-19,28-32H2,1-4H3,(H2-2,64,65,70,71,74,75,76,77,78,79)/p+2. The number of carbonyl (C=O) groups is 2. The molecule has 0 radical (unpaired) electrons. The Labute approximate surface area is 519 Å². The number of amides is 2. The number of halogens is 2. The van der Waals surface area contributed by atoms with Gasteiger partial charge in [0.15, 0.2) is 12.3 Å². The number of nitrogens with one attached hydrogen (secondary N) is 2. The van der Waals surface area contributed by atoms with Crippen molar-refractivity contribution < 1.29 is 62.2 Å². The number of fused-ring (bicyclic) bond motifs is 6. The molecule has 0 fully saturated rings. The van der Waals surface area contributed by atoms with E-state index in [1.165, 1.54) is 11.8 Å². The number of hydrogen-bond donors (Lipinski definition) is 4. The SMILES string of the molecule is CCCCC(NC(=O)CCCCCN1C(=CC(=Cc2oc3ccc4ccccc4c3[n+]2CCCS(=O)(=O)O)CC)Sc2ccc(C(=O)NS(C)(=O)=O)cc21)[n+]1c(C=C(C=C2Oc3ccc(Cl)cc3N2CCCS(=O)(=O)O)CC)sc2ccc(Cl)cc21. The molecule has 5 aromatic carbocycles. The van der Waals surface area contributed by atoms with Gasteiger partial charge in [0, 0.05) is 71.1 Å². The number of aromatic nitrogens is 2. The van der Waals surface area contributed by atoms with Gasteiger partial charge in [0.05, 0.1) is 45.6 Å². The number of sulfonamides is 1. The molecule has 2 aliphatic rings. The molecule has 0 saturated heterocycles. The summed E-state index contributed by atoms with van der Waals surface area (Å²) >= 11 is 16.1. The van der Waals surface area contributed by atoms with Crippen molar-refractivity contribution >= 4 is 144 Å². The Kier molecular flexibility index (Phi) is 20.8.